The molecule has 4 nitrogen and oxygen atoms in total. The summed E-state index contributed by atoms with van der Waals surface area (Å²) in [4.78, 5) is 14.1. The highest BCUT2D eigenvalue weighted by molar-refractivity contribution is 5.78. The Hall–Kier alpha value is -0.610. The molecule has 0 aromatic rings. The first-order valence-electron chi connectivity index (χ1n) is 7.44. The molecule has 2 N–H and O–H groups in total. The molecular weight excluding hydrogens is 226 g/mol. The van der Waals surface area contributed by atoms with Crippen molar-refractivity contribution in [2.75, 3.05) is 32.7 Å². The van der Waals surface area contributed by atoms with Crippen LogP contribution in [0.1, 0.15) is 46.0 Å². The summed E-state index contributed by atoms with van der Waals surface area (Å²) in [6.07, 6.45) is 6.19. The highest BCUT2D eigenvalue weighted by Gasteiger charge is 2.14. The third-order valence-corrected chi connectivity index (χ3v) is 3.47. The van der Waals surface area contributed by atoms with E-state index in [9.17, 15) is 4.79 Å². The molecule has 1 heterocycles. The van der Waals surface area contributed by atoms with Crippen LogP contribution in [-0.2, 0) is 4.79 Å². The van der Waals surface area contributed by atoms with Crippen LogP contribution in [0.25, 0.3) is 0 Å². The van der Waals surface area contributed by atoms with E-state index in [1.54, 1.807) is 0 Å². The molecule has 1 amide bonds. The van der Waals surface area contributed by atoms with Gasteiger partial charge in [0.25, 0.3) is 0 Å². The second kappa shape index (κ2) is 9.34. The molecule has 1 atom stereocenters. The van der Waals surface area contributed by atoms with E-state index in [-0.39, 0.29) is 5.91 Å². The van der Waals surface area contributed by atoms with E-state index in [2.05, 4.69) is 29.4 Å². The van der Waals surface area contributed by atoms with Crippen LogP contribution in [0.2, 0.25) is 0 Å². The average molecular weight is 255 g/mol. The molecule has 4 heteroatoms. The van der Waals surface area contributed by atoms with Gasteiger partial charge in [-0.1, -0.05) is 32.6 Å². The zero-order chi connectivity index (χ0) is 13.2. The fourth-order valence-electron chi connectivity index (χ4n) is 2.34. The SMILES string of the molecule is CCCCCCC(C)NC(=O)CN1CCNCC1. The topological polar surface area (TPSA) is 44.4 Å². The van der Waals surface area contributed by atoms with Crippen LogP contribution >= 0.6 is 0 Å². The van der Waals surface area contributed by atoms with Gasteiger partial charge >= 0.3 is 0 Å². The van der Waals surface area contributed by atoms with Gasteiger partial charge in [0.1, 0.15) is 0 Å². The quantitative estimate of drug-likeness (QED) is 0.644. The number of piperazine rings is 1. The van der Waals surface area contributed by atoms with Crippen LogP contribution in [0.5, 0.6) is 0 Å². The van der Waals surface area contributed by atoms with Crippen LogP contribution in [0, 0.1) is 0 Å². The molecule has 18 heavy (non-hydrogen) atoms. The molecule has 0 spiro atoms. The van der Waals surface area contributed by atoms with Crippen molar-refractivity contribution in [1.29, 1.82) is 0 Å². The molecule has 1 unspecified atom stereocenters. The second-order valence-electron chi connectivity index (χ2n) is 5.34. The number of hydrogen-bond acceptors (Lipinski definition) is 3. The summed E-state index contributed by atoms with van der Waals surface area (Å²) < 4.78 is 0. The minimum Gasteiger partial charge on any atom is -0.353 e. The zero-order valence-corrected chi connectivity index (χ0v) is 12.0. The second-order valence-corrected chi connectivity index (χ2v) is 5.34. The summed E-state index contributed by atoms with van der Waals surface area (Å²) >= 11 is 0. The summed E-state index contributed by atoms with van der Waals surface area (Å²) in [6.45, 7) is 8.86. The standard InChI is InChI=1S/C14H29N3O/c1-3-4-5-6-7-13(2)16-14(18)12-17-10-8-15-9-11-17/h13,15H,3-12H2,1-2H3,(H,16,18). The van der Waals surface area contributed by atoms with Crippen molar-refractivity contribution >= 4 is 5.91 Å². The maximum atomic E-state index is 11.8. The minimum atomic E-state index is 0.180. The van der Waals surface area contributed by atoms with Crippen molar-refractivity contribution in [1.82, 2.24) is 15.5 Å². The zero-order valence-electron chi connectivity index (χ0n) is 12.0. The van der Waals surface area contributed by atoms with E-state index < -0.39 is 0 Å². The molecule has 106 valence electrons. The van der Waals surface area contributed by atoms with Crippen LogP contribution in [0.15, 0.2) is 0 Å². The van der Waals surface area contributed by atoms with Gasteiger partial charge in [0.05, 0.1) is 6.54 Å². The normalized spacial score (nSPS) is 18.6. The molecule has 1 rings (SSSR count). The van der Waals surface area contributed by atoms with Crippen molar-refractivity contribution in [2.45, 2.75) is 52.0 Å². The highest BCUT2D eigenvalue weighted by Crippen LogP contribution is 2.05. The number of nitrogens with one attached hydrogen (secondary N) is 2. The van der Waals surface area contributed by atoms with E-state index in [1.807, 2.05) is 0 Å². The van der Waals surface area contributed by atoms with Gasteiger partial charge in [0.15, 0.2) is 0 Å². The van der Waals surface area contributed by atoms with Crippen molar-refractivity contribution in [2.24, 2.45) is 0 Å². The monoisotopic (exact) mass is 255 g/mol. The number of amides is 1. The maximum Gasteiger partial charge on any atom is 0.234 e. The van der Waals surface area contributed by atoms with Crippen molar-refractivity contribution in [3.05, 3.63) is 0 Å². The van der Waals surface area contributed by atoms with E-state index >= 15 is 0 Å². The van der Waals surface area contributed by atoms with Gasteiger partial charge in [-0.15, -0.1) is 0 Å². The molecule has 1 aliphatic rings. The number of rotatable bonds is 8. The number of carbonyl (C=O) groups is 1. The third-order valence-electron chi connectivity index (χ3n) is 3.47. The van der Waals surface area contributed by atoms with Gasteiger partial charge in [0.2, 0.25) is 5.91 Å². The summed E-state index contributed by atoms with van der Waals surface area (Å²) in [5.74, 6) is 0.180. The van der Waals surface area contributed by atoms with Crippen molar-refractivity contribution in [3.63, 3.8) is 0 Å². The number of carbonyl (C=O) groups excluding carboxylic acids is 1. The summed E-state index contributed by atoms with van der Waals surface area (Å²) in [5.41, 5.74) is 0. The Balaban J connectivity index is 2.06. The number of hydrogen-bond donors (Lipinski definition) is 2. The van der Waals surface area contributed by atoms with E-state index in [0.29, 0.717) is 12.6 Å². The Morgan fingerprint density at radius 3 is 2.67 bits per heavy atom. The van der Waals surface area contributed by atoms with Crippen molar-refractivity contribution < 1.29 is 4.79 Å². The first-order valence-corrected chi connectivity index (χ1v) is 7.44. The van der Waals surface area contributed by atoms with Crippen LogP contribution < -0.4 is 10.6 Å². The summed E-state index contributed by atoms with van der Waals surface area (Å²) in [5, 5.41) is 6.40. The Kier molecular flexibility index (Phi) is 8.01. The van der Waals surface area contributed by atoms with Gasteiger partial charge in [-0.05, 0) is 13.3 Å². The van der Waals surface area contributed by atoms with Crippen LogP contribution in [0.4, 0.5) is 0 Å². The van der Waals surface area contributed by atoms with E-state index in [0.717, 1.165) is 32.6 Å². The molecular formula is C14H29N3O. The van der Waals surface area contributed by atoms with Gasteiger partial charge in [0, 0.05) is 32.2 Å². The lowest BCUT2D eigenvalue weighted by molar-refractivity contribution is -0.123. The smallest absolute Gasteiger partial charge is 0.234 e. The Morgan fingerprint density at radius 1 is 1.28 bits per heavy atom. The van der Waals surface area contributed by atoms with Gasteiger partial charge < -0.3 is 10.6 Å². The van der Waals surface area contributed by atoms with Gasteiger partial charge in [-0.2, -0.15) is 0 Å². The van der Waals surface area contributed by atoms with Crippen LogP contribution in [-0.4, -0.2) is 49.6 Å². The number of unbranched alkanes of at least 4 members (excludes halogenated alkanes) is 3. The predicted molar refractivity (Wildman–Crippen MR) is 75.7 cm³/mol. The lowest BCUT2D eigenvalue weighted by Crippen LogP contribution is -2.48. The lowest BCUT2D eigenvalue weighted by atomic mass is 10.1. The van der Waals surface area contributed by atoms with Crippen LogP contribution in [0.3, 0.4) is 0 Å². The summed E-state index contributed by atoms with van der Waals surface area (Å²) in [6, 6.07) is 0.317. The molecule has 0 saturated carbocycles. The van der Waals surface area contributed by atoms with E-state index in [4.69, 9.17) is 0 Å². The molecule has 1 saturated heterocycles. The largest absolute Gasteiger partial charge is 0.353 e. The number of nitrogens with zero attached hydrogens (tertiary/aromatic N) is 1. The third kappa shape index (κ3) is 6.97. The average Bonchev–Trinajstić information content (AvgIpc) is 2.35. The molecule has 0 aliphatic carbocycles. The highest BCUT2D eigenvalue weighted by atomic mass is 16.2. The fourth-order valence-corrected chi connectivity index (χ4v) is 2.34. The minimum absolute atomic E-state index is 0.180. The van der Waals surface area contributed by atoms with Crippen molar-refractivity contribution in [3.8, 4) is 0 Å². The first kappa shape index (κ1) is 15.4. The molecule has 0 radical (unpaired) electrons. The van der Waals surface area contributed by atoms with Gasteiger partial charge in [-0.25, -0.2) is 0 Å². The molecule has 0 bridgehead atoms. The summed E-state index contributed by atoms with van der Waals surface area (Å²) in [7, 11) is 0. The molecule has 1 aliphatic heterocycles. The Morgan fingerprint density at radius 2 is 2.00 bits per heavy atom. The molecule has 1 fully saturated rings. The lowest BCUT2D eigenvalue weighted by Gasteiger charge is -2.27. The Bertz CT molecular complexity index is 227. The van der Waals surface area contributed by atoms with Gasteiger partial charge in [-0.3, -0.25) is 9.69 Å². The maximum absolute atomic E-state index is 11.8. The molecule has 0 aromatic heterocycles. The molecule has 0 aromatic carbocycles. The first-order chi connectivity index (χ1) is 8.72. The predicted octanol–water partition coefficient (Wildman–Crippen LogP) is 1.37. The van der Waals surface area contributed by atoms with E-state index in [1.165, 1.54) is 25.7 Å². The fraction of sp³-hybridized carbons (Fsp3) is 0.929. The Labute approximate surface area is 111 Å².